The quantitative estimate of drug-likeness (QED) is 0.709. The van der Waals surface area contributed by atoms with Crippen molar-refractivity contribution in [2.75, 3.05) is 6.61 Å². The summed E-state index contributed by atoms with van der Waals surface area (Å²) in [4.78, 5) is 12.5. The number of hydrogen-bond donors (Lipinski definition) is 0. The molecule has 0 spiro atoms. The van der Waals surface area contributed by atoms with Crippen molar-refractivity contribution in [2.45, 2.75) is 40.0 Å². The molecule has 1 aliphatic rings. The average Bonchev–Trinajstić information content (AvgIpc) is 2.50. The van der Waals surface area contributed by atoms with Crippen LogP contribution in [0, 0.1) is 5.41 Å². The third-order valence-corrected chi connectivity index (χ3v) is 3.36. The molecule has 0 bridgehead atoms. The van der Waals surface area contributed by atoms with Crippen molar-refractivity contribution in [3.05, 3.63) is 28.3 Å². The highest BCUT2D eigenvalue weighted by molar-refractivity contribution is 6.31. The molecule has 0 aromatic heterocycles. The van der Waals surface area contributed by atoms with E-state index in [-0.39, 0.29) is 5.78 Å². The zero-order chi connectivity index (χ0) is 13.3. The Morgan fingerprint density at radius 1 is 1.28 bits per heavy atom. The SMILES string of the molecule is CC(C)(C)C(=O)c1cc(Cl)cc2c1OCCCC2. The molecule has 0 amide bonds. The summed E-state index contributed by atoms with van der Waals surface area (Å²) >= 11 is 6.12. The molecule has 1 aromatic carbocycles. The standard InChI is InChI=1S/C15H19ClO2/c1-15(2,3)14(17)12-9-11(16)8-10-6-4-5-7-18-13(10)12/h8-9H,4-7H2,1-3H3. The van der Waals surface area contributed by atoms with E-state index in [4.69, 9.17) is 16.3 Å². The van der Waals surface area contributed by atoms with E-state index in [1.807, 2.05) is 26.8 Å². The van der Waals surface area contributed by atoms with Crippen molar-refractivity contribution in [1.82, 2.24) is 0 Å². The van der Waals surface area contributed by atoms with Crippen LogP contribution in [0.25, 0.3) is 0 Å². The third-order valence-electron chi connectivity index (χ3n) is 3.14. The number of carbonyl (C=O) groups excluding carboxylic acids is 1. The number of benzene rings is 1. The molecule has 1 heterocycles. The largest absolute Gasteiger partial charge is 0.493 e. The van der Waals surface area contributed by atoms with Gasteiger partial charge < -0.3 is 4.74 Å². The van der Waals surface area contributed by atoms with Gasteiger partial charge in [0.1, 0.15) is 5.75 Å². The molecule has 1 aromatic rings. The minimum absolute atomic E-state index is 0.0862. The van der Waals surface area contributed by atoms with Crippen LogP contribution < -0.4 is 4.74 Å². The number of Topliss-reactive ketones (excluding diaryl/α,β-unsaturated/α-hetero) is 1. The van der Waals surface area contributed by atoms with Gasteiger partial charge in [-0.1, -0.05) is 32.4 Å². The van der Waals surface area contributed by atoms with Gasteiger partial charge in [-0.2, -0.15) is 0 Å². The molecule has 0 atom stereocenters. The Kier molecular flexibility index (Phi) is 3.67. The zero-order valence-electron chi connectivity index (χ0n) is 11.2. The molecule has 0 N–H and O–H groups in total. The summed E-state index contributed by atoms with van der Waals surface area (Å²) in [6, 6.07) is 3.65. The molecule has 0 saturated carbocycles. The highest BCUT2D eigenvalue weighted by atomic mass is 35.5. The van der Waals surface area contributed by atoms with E-state index in [0.29, 0.717) is 17.2 Å². The highest BCUT2D eigenvalue weighted by Crippen LogP contribution is 2.35. The summed E-state index contributed by atoms with van der Waals surface area (Å²) in [6.07, 6.45) is 3.03. The number of carbonyl (C=O) groups is 1. The lowest BCUT2D eigenvalue weighted by Gasteiger charge is -2.20. The summed E-state index contributed by atoms with van der Waals surface area (Å²) in [5.74, 6) is 0.833. The molecule has 0 aliphatic carbocycles. The average molecular weight is 267 g/mol. The van der Waals surface area contributed by atoms with E-state index in [9.17, 15) is 4.79 Å². The van der Waals surface area contributed by atoms with E-state index in [1.165, 1.54) is 0 Å². The lowest BCUT2D eigenvalue weighted by atomic mass is 9.85. The molecular weight excluding hydrogens is 248 g/mol. The van der Waals surface area contributed by atoms with Crippen molar-refractivity contribution in [2.24, 2.45) is 5.41 Å². The first-order valence-corrected chi connectivity index (χ1v) is 6.77. The first kappa shape index (κ1) is 13.4. The van der Waals surface area contributed by atoms with Crippen LogP contribution in [0.3, 0.4) is 0 Å². The topological polar surface area (TPSA) is 26.3 Å². The second kappa shape index (κ2) is 4.93. The second-order valence-electron chi connectivity index (χ2n) is 5.83. The second-order valence-corrected chi connectivity index (χ2v) is 6.26. The van der Waals surface area contributed by atoms with Gasteiger partial charge in [-0.25, -0.2) is 0 Å². The Hall–Kier alpha value is -1.02. The fourth-order valence-electron chi connectivity index (χ4n) is 2.17. The number of hydrogen-bond acceptors (Lipinski definition) is 2. The van der Waals surface area contributed by atoms with Gasteiger partial charge >= 0.3 is 0 Å². The normalized spacial score (nSPS) is 15.6. The summed E-state index contributed by atoms with van der Waals surface area (Å²) in [7, 11) is 0. The lowest BCUT2D eigenvalue weighted by molar-refractivity contribution is 0.0854. The van der Waals surface area contributed by atoms with E-state index >= 15 is 0 Å². The maximum atomic E-state index is 12.5. The van der Waals surface area contributed by atoms with Crippen LogP contribution in [-0.4, -0.2) is 12.4 Å². The van der Waals surface area contributed by atoms with Crippen molar-refractivity contribution >= 4 is 17.4 Å². The fourth-order valence-corrected chi connectivity index (χ4v) is 2.41. The molecule has 18 heavy (non-hydrogen) atoms. The van der Waals surface area contributed by atoms with Crippen LogP contribution in [0.15, 0.2) is 12.1 Å². The molecule has 0 radical (unpaired) electrons. The van der Waals surface area contributed by atoms with Crippen LogP contribution in [0.5, 0.6) is 5.75 Å². The van der Waals surface area contributed by atoms with E-state index in [1.54, 1.807) is 6.07 Å². The monoisotopic (exact) mass is 266 g/mol. The number of aryl methyl sites for hydroxylation is 1. The summed E-state index contributed by atoms with van der Waals surface area (Å²) in [6.45, 7) is 6.43. The van der Waals surface area contributed by atoms with Gasteiger partial charge in [0, 0.05) is 10.4 Å². The van der Waals surface area contributed by atoms with Gasteiger partial charge in [0.05, 0.1) is 12.2 Å². The Morgan fingerprint density at radius 2 is 2.00 bits per heavy atom. The molecule has 1 aliphatic heterocycles. The Morgan fingerprint density at radius 3 is 2.67 bits per heavy atom. The van der Waals surface area contributed by atoms with Crippen molar-refractivity contribution < 1.29 is 9.53 Å². The van der Waals surface area contributed by atoms with Gasteiger partial charge in [0.2, 0.25) is 0 Å². The molecule has 2 nitrogen and oxygen atoms in total. The fraction of sp³-hybridized carbons (Fsp3) is 0.533. The molecule has 0 fully saturated rings. The van der Waals surface area contributed by atoms with E-state index < -0.39 is 5.41 Å². The number of fused-ring (bicyclic) bond motifs is 1. The number of rotatable bonds is 1. The number of ketones is 1. The smallest absolute Gasteiger partial charge is 0.171 e. The molecule has 0 unspecified atom stereocenters. The van der Waals surface area contributed by atoms with Crippen LogP contribution in [0.4, 0.5) is 0 Å². The molecule has 3 heteroatoms. The third kappa shape index (κ3) is 2.69. The van der Waals surface area contributed by atoms with Crippen molar-refractivity contribution in [1.29, 1.82) is 0 Å². The minimum Gasteiger partial charge on any atom is -0.493 e. The van der Waals surface area contributed by atoms with E-state index in [2.05, 4.69) is 0 Å². The van der Waals surface area contributed by atoms with Gasteiger partial charge in [-0.05, 0) is 37.0 Å². The van der Waals surface area contributed by atoms with Gasteiger partial charge in [0.25, 0.3) is 0 Å². The van der Waals surface area contributed by atoms with Crippen LogP contribution >= 0.6 is 11.6 Å². The zero-order valence-corrected chi connectivity index (χ0v) is 11.9. The van der Waals surface area contributed by atoms with Crippen LogP contribution in [0.1, 0.15) is 49.5 Å². The summed E-state index contributed by atoms with van der Waals surface area (Å²) < 4.78 is 5.77. The van der Waals surface area contributed by atoms with Gasteiger partial charge in [0.15, 0.2) is 5.78 Å². The maximum Gasteiger partial charge on any atom is 0.171 e. The Labute approximate surface area is 113 Å². The van der Waals surface area contributed by atoms with Crippen LogP contribution in [0.2, 0.25) is 5.02 Å². The maximum absolute atomic E-state index is 12.5. The highest BCUT2D eigenvalue weighted by Gasteiger charge is 2.28. The Bertz CT molecular complexity index is 472. The first-order valence-electron chi connectivity index (χ1n) is 6.39. The van der Waals surface area contributed by atoms with Crippen molar-refractivity contribution in [3.63, 3.8) is 0 Å². The van der Waals surface area contributed by atoms with E-state index in [0.717, 1.165) is 30.6 Å². The number of halogens is 1. The van der Waals surface area contributed by atoms with Gasteiger partial charge in [-0.15, -0.1) is 0 Å². The predicted molar refractivity (Wildman–Crippen MR) is 73.7 cm³/mol. The summed E-state index contributed by atoms with van der Waals surface area (Å²) in [5, 5.41) is 0.617. The predicted octanol–water partition coefficient (Wildman–Crippen LogP) is 4.28. The lowest BCUT2D eigenvalue weighted by Crippen LogP contribution is -2.21. The molecular formula is C15H19ClO2. The van der Waals surface area contributed by atoms with Gasteiger partial charge in [-0.3, -0.25) is 4.79 Å². The molecule has 2 rings (SSSR count). The van der Waals surface area contributed by atoms with Crippen LogP contribution in [-0.2, 0) is 6.42 Å². The Balaban J connectivity index is 2.53. The number of ether oxygens (including phenoxy) is 1. The minimum atomic E-state index is -0.423. The molecule has 0 saturated heterocycles. The first-order chi connectivity index (χ1) is 8.39. The summed E-state index contributed by atoms with van der Waals surface area (Å²) in [5.41, 5.74) is 1.27. The molecule has 98 valence electrons. The van der Waals surface area contributed by atoms with Crippen molar-refractivity contribution in [3.8, 4) is 5.75 Å².